The van der Waals surface area contributed by atoms with E-state index in [1.165, 1.54) is 10.4 Å². The van der Waals surface area contributed by atoms with E-state index in [9.17, 15) is 17.2 Å². The number of anilines is 1. The van der Waals surface area contributed by atoms with Crippen molar-refractivity contribution in [2.45, 2.75) is 12.8 Å². The molecule has 0 bridgehead atoms. The van der Waals surface area contributed by atoms with Crippen LogP contribution in [0.5, 0.6) is 0 Å². The molecule has 0 unspecified atom stereocenters. The lowest BCUT2D eigenvalue weighted by molar-refractivity contribution is 0.272. The van der Waals surface area contributed by atoms with Crippen LogP contribution in [0.4, 0.5) is 14.5 Å². The van der Waals surface area contributed by atoms with Gasteiger partial charge in [0, 0.05) is 13.1 Å². The lowest BCUT2D eigenvalue weighted by Crippen LogP contribution is -2.43. The van der Waals surface area contributed by atoms with Crippen molar-refractivity contribution in [3.63, 3.8) is 0 Å². The van der Waals surface area contributed by atoms with Crippen LogP contribution in [0.15, 0.2) is 18.2 Å². The van der Waals surface area contributed by atoms with Crippen LogP contribution in [0.3, 0.4) is 0 Å². The Kier molecular flexibility index (Phi) is 5.13. The zero-order valence-electron chi connectivity index (χ0n) is 11.8. The van der Waals surface area contributed by atoms with Crippen molar-refractivity contribution in [2.75, 3.05) is 31.4 Å². The molecule has 21 heavy (non-hydrogen) atoms. The number of halogens is 2. The summed E-state index contributed by atoms with van der Waals surface area (Å²) in [5.74, 6) is -1.43. The number of hydrogen-bond acceptors (Lipinski definition) is 3. The molecule has 1 aliphatic heterocycles. The molecular weight excluding hydrogens is 300 g/mol. The monoisotopic (exact) mass is 319 g/mol. The van der Waals surface area contributed by atoms with Crippen molar-refractivity contribution in [1.82, 2.24) is 9.62 Å². The Hall–Kier alpha value is -1.25. The molecule has 0 spiro atoms. The van der Waals surface area contributed by atoms with Gasteiger partial charge in [-0.1, -0.05) is 6.07 Å². The highest BCUT2D eigenvalue weighted by Gasteiger charge is 2.29. The highest BCUT2D eigenvalue weighted by molar-refractivity contribution is 7.90. The van der Waals surface area contributed by atoms with E-state index in [4.69, 9.17) is 0 Å². The molecule has 2 rings (SSSR count). The van der Waals surface area contributed by atoms with E-state index in [0.29, 0.717) is 19.0 Å². The summed E-state index contributed by atoms with van der Waals surface area (Å²) in [6.45, 7) is 1.53. The fourth-order valence-corrected chi connectivity index (χ4v) is 3.70. The number of hydrogen-bond donors (Lipinski definition) is 2. The summed E-state index contributed by atoms with van der Waals surface area (Å²) in [6.07, 6.45) is 1.45. The van der Waals surface area contributed by atoms with Gasteiger partial charge < -0.3 is 5.32 Å². The van der Waals surface area contributed by atoms with Crippen LogP contribution in [0.25, 0.3) is 0 Å². The molecule has 1 saturated heterocycles. The van der Waals surface area contributed by atoms with E-state index < -0.39 is 27.5 Å². The Bertz CT molecular complexity index is 567. The van der Waals surface area contributed by atoms with E-state index in [2.05, 4.69) is 5.32 Å². The lowest BCUT2D eigenvalue weighted by Gasteiger charge is -2.31. The van der Waals surface area contributed by atoms with Crippen molar-refractivity contribution < 1.29 is 17.2 Å². The van der Waals surface area contributed by atoms with Crippen LogP contribution in [-0.2, 0) is 10.2 Å². The van der Waals surface area contributed by atoms with E-state index in [-0.39, 0.29) is 0 Å². The first-order valence-electron chi connectivity index (χ1n) is 6.80. The summed E-state index contributed by atoms with van der Waals surface area (Å²) in [6, 6.07) is 3.21. The van der Waals surface area contributed by atoms with E-state index in [0.717, 1.165) is 31.5 Å². The van der Waals surface area contributed by atoms with E-state index in [1.807, 2.05) is 11.8 Å². The Labute approximate surface area is 123 Å². The summed E-state index contributed by atoms with van der Waals surface area (Å²) in [7, 11) is -2.08. The molecule has 0 aliphatic carbocycles. The van der Waals surface area contributed by atoms with Gasteiger partial charge in [0.05, 0.1) is 0 Å². The Morgan fingerprint density at radius 3 is 2.33 bits per heavy atom. The van der Waals surface area contributed by atoms with Crippen LogP contribution >= 0.6 is 0 Å². The van der Waals surface area contributed by atoms with Crippen LogP contribution in [0.1, 0.15) is 12.8 Å². The van der Waals surface area contributed by atoms with Gasteiger partial charge in [-0.15, -0.1) is 0 Å². The molecule has 118 valence electrons. The van der Waals surface area contributed by atoms with Crippen molar-refractivity contribution in [1.29, 1.82) is 0 Å². The average molecular weight is 319 g/mol. The summed E-state index contributed by atoms with van der Waals surface area (Å²) in [4.78, 5) is 0. The normalized spacial score (nSPS) is 17.9. The number of rotatable bonds is 5. The van der Waals surface area contributed by atoms with Gasteiger partial charge in [0.1, 0.15) is 17.3 Å². The SMILES string of the molecule is CNCC1CCN(S(=O)(=O)Nc2c(F)cccc2F)CC1. The minimum atomic E-state index is -3.94. The van der Waals surface area contributed by atoms with Gasteiger partial charge in [-0.3, -0.25) is 4.72 Å². The minimum absolute atomic E-state index is 0.345. The van der Waals surface area contributed by atoms with Gasteiger partial charge in [0.25, 0.3) is 0 Å². The molecule has 1 aromatic rings. The van der Waals surface area contributed by atoms with Gasteiger partial charge >= 0.3 is 10.2 Å². The van der Waals surface area contributed by atoms with Crippen molar-refractivity contribution in [3.05, 3.63) is 29.8 Å². The average Bonchev–Trinajstić information content (AvgIpc) is 2.44. The molecule has 8 heteroatoms. The second-order valence-corrected chi connectivity index (χ2v) is 6.77. The third-order valence-corrected chi connectivity index (χ3v) is 5.11. The molecule has 5 nitrogen and oxygen atoms in total. The predicted octanol–water partition coefficient (Wildman–Crippen LogP) is 1.55. The molecular formula is C13H19F2N3O2S. The van der Waals surface area contributed by atoms with Gasteiger partial charge in [0.2, 0.25) is 0 Å². The topological polar surface area (TPSA) is 61.4 Å². The first-order valence-corrected chi connectivity index (χ1v) is 8.24. The largest absolute Gasteiger partial charge is 0.319 e. The van der Waals surface area contributed by atoms with Crippen LogP contribution in [0.2, 0.25) is 0 Å². The smallest absolute Gasteiger partial charge is 0.301 e. The molecule has 0 aromatic heterocycles. The highest BCUT2D eigenvalue weighted by atomic mass is 32.2. The second-order valence-electron chi connectivity index (χ2n) is 5.10. The molecule has 2 N–H and O–H groups in total. The Morgan fingerprint density at radius 1 is 1.24 bits per heavy atom. The fraction of sp³-hybridized carbons (Fsp3) is 0.538. The molecule has 1 fully saturated rings. The number of benzene rings is 1. The third-order valence-electron chi connectivity index (χ3n) is 3.60. The minimum Gasteiger partial charge on any atom is -0.319 e. The molecule has 0 radical (unpaired) electrons. The zero-order chi connectivity index (χ0) is 15.5. The molecule has 0 amide bonds. The van der Waals surface area contributed by atoms with Crippen LogP contribution in [0, 0.1) is 17.6 Å². The number of para-hydroxylation sites is 1. The maximum atomic E-state index is 13.5. The zero-order valence-corrected chi connectivity index (χ0v) is 12.6. The number of piperidine rings is 1. The molecule has 0 saturated carbocycles. The fourth-order valence-electron chi connectivity index (χ4n) is 2.43. The summed E-state index contributed by atoms with van der Waals surface area (Å²) < 4.78 is 54.6. The van der Waals surface area contributed by atoms with Gasteiger partial charge in [-0.2, -0.15) is 12.7 Å². The quantitative estimate of drug-likeness (QED) is 0.866. The summed E-state index contributed by atoms with van der Waals surface area (Å²) >= 11 is 0. The molecule has 0 atom stereocenters. The number of nitrogens with zero attached hydrogens (tertiary/aromatic N) is 1. The Morgan fingerprint density at radius 2 is 1.81 bits per heavy atom. The molecule has 1 aliphatic rings. The Balaban J connectivity index is 2.06. The van der Waals surface area contributed by atoms with Crippen molar-refractivity contribution >= 4 is 15.9 Å². The van der Waals surface area contributed by atoms with Gasteiger partial charge in [-0.05, 0) is 44.5 Å². The maximum absolute atomic E-state index is 13.5. The summed E-state index contributed by atoms with van der Waals surface area (Å²) in [5, 5.41) is 3.06. The summed E-state index contributed by atoms with van der Waals surface area (Å²) in [5.41, 5.74) is -0.630. The van der Waals surface area contributed by atoms with Crippen molar-refractivity contribution in [3.8, 4) is 0 Å². The first kappa shape index (κ1) is 16.1. The lowest BCUT2D eigenvalue weighted by atomic mass is 9.98. The molecule has 1 aromatic carbocycles. The highest BCUT2D eigenvalue weighted by Crippen LogP contribution is 2.23. The first-order chi connectivity index (χ1) is 9.94. The molecule has 1 heterocycles. The van der Waals surface area contributed by atoms with E-state index >= 15 is 0 Å². The predicted molar refractivity (Wildman–Crippen MR) is 77.1 cm³/mol. The van der Waals surface area contributed by atoms with Crippen molar-refractivity contribution in [2.24, 2.45) is 5.92 Å². The van der Waals surface area contributed by atoms with Crippen LogP contribution < -0.4 is 10.0 Å². The van der Waals surface area contributed by atoms with Crippen LogP contribution in [-0.4, -0.2) is 39.4 Å². The maximum Gasteiger partial charge on any atom is 0.301 e. The van der Waals surface area contributed by atoms with E-state index in [1.54, 1.807) is 0 Å². The third kappa shape index (κ3) is 3.90. The van der Waals surface area contributed by atoms with Gasteiger partial charge in [-0.25, -0.2) is 8.78 Å². The van der Waals surface area contributed by atoms with Gasteiger partial charge in [0.15, 0.2) is 0 Å². The second kappa shape index (κ2) is 6.67. The standard InChI is InChI=1S/C13H19F2N3O2S/c1-16-9-10-5-7-18(8-6-10)21(19,20)17-13-11(14)3-2-4-12(13)15/h2-4,10,16-17H,5-9H2,1H3. The number of nitrogens with one attached hydrogen (secondary N) is 2.